The molecule has 2 heterocycles. The van der Waals surface area contributed by atoms with Crippen LogP contribution in [0.15, 0.2) is 21.3 Å². The Morgan fingerprint density at radius 3 is 2.81 bits per heavy atom. The highest BCUT2D eigenvalue weighted by Gasteiger charge is 2.17. The lowest BCUT2D eigenvalue weighted by Crippen LogP contribution is -2.13. The van der Waals surface area contributed by atoms with Gasteiger partial charge >= 0.3 is 0 Å². The summed E-state index contributed by atoms with van der Waals surface area (Å²) in [6, 6.07) is 1.70. The molecule has 2 rings (SSSR count). The number of hydrogen-bond donors (Lipinski definition) is 2. The molecule has 6 nitrogen and oxygen atoms in total. The van der Waals surface area contributed by atoms with Crippen LogP contribution >= 0.6 is 31.9 Å². The minimum atomic E-state index is -0.326. The van der Waals surface area contributed by atoms with Gasteiger partial charge < -0.3 is 5.32 Å². The summed E-state index contributed by atoms with van der Waals surface area (Å²) < 4.78 is 2.81. The molecule has 0 bridgehead atoms. The number of carbonyl (C=O) groups is 1. The first-order valence-electron chi connectivity index (χ1n) is 4.28. The van der Waals surface area contributed by atoms with E-state index >= 15 is 0 Å². The standard InChI is InChI=1S/C8H7Br2N5O/c1-15-3-2-4(14-15)11-8(16)6-5(9)7(10)13-12-6/h2-3H,1H3,(H,12,13)(H,11,14,16). The van der Waals surface area contributed by atoms with Crippen LogP contribution in [-0.2, 0) is 7.05 Å². The number of aromatic amines is 1. The SMILES string of the molecule is Cn1ccc(NC(=O)c2n[nH]c(Br)c2Br)n1. The van der Waals surface area contributed by atoms with Crippen molar-refractivity contribution in [3.63, 3.8) is 0 Å². The largest absolute Gasteiger partial charge is 0.304 e. The van der Waals surface area contributed by atoms with E-state index in [4.69, 9.17) is 0 Å². The van der Waals surface area contributed by atoms with Crippen LogP contribution in [-0.4, -0.2) is 25.9 Å². The molecule has 84 valence electrons. The first kappa shape index (κ1) is 11.3. The summed E-state index contributed by atoms with van der Waals surface area (Å²) in [4.78, 5) is 11.8. The number of nitrogens with zero attached hydrogens (tertiary/aromatic N) is 3. The molecule has 8 heteroatoms. The predicted molar refractivity (Wildman–Crippen MR) is 65.1 cm³/mol. The Morgan fingerprint density at radius 1 is 1.56 bits per heavy atom. The quantitative estimate of drug-likeness (QED) is 0.870. The van der Waals surface area contributed by atoms with E-state index in [9.17, 15) is 4.79 Å². The number of amides is 1. The van der Waals surface area contributed by atoms with E-state index in [1.54, 1.807) is 24.0 Å². The number of carbonyl (C=O) groups excluding carboxylic acids is 1. The molecule has 2 aromatic rings. The van der Waals surface area contributed by atoms with Crippen molar-refractivity contribution in [1.29, 1.82) is 0 Å². The van der Waals surface area contributed by atoms with E-state index in [-0.39, 0.29) is 11.6 Å². The summed E-state index contributed by atoms with van der Waals surface area (Å²) in [7, 11) is 1.77. The molecule has 0 radical (unpaired) electrons. The molecule has 2 N–H and O–H groups in total. The normalized spacial score (nSPS) is 10.4. The Labute approximate surface area is 108 Å². The molecular formula is C8H7Br2N5O. The van der Waals surface area contributed by atoms with Crippen molar-refractivity contribution >= 4 is 43.6 Å². The fourth-order valence-electron chi connectivity index (χ4n) is 1.11. The van der Waals surface area contributed by atoms with Crippen LogP contribution in [0.1, 0.15) is 10.5 Å². The predicted octanol–water partition coefficient (Wildman–Crippen LogP) is 1.92. The highest BCUT2D eigenvalue weighted by molar-refractivity contribution is 9.13. The second kappa shape index (κ2) is 4.38. The smallest absolute Gasteiger partial charge is 0.278 e. The van der Waals surface area contributed by atoms with Crippen molar-refractivity contribution in [3.8, 4) is 0 Å². The van der Waals surface area contributed by atoms with Crippen LogP contribution in [0, 0.1) is 0 Å². The molecule has 1 amide bonds. The molecular weight excluding hydrogens is 342 g/mol. The molecule has 0 fully saturated rings. The molecule has 0 aliphatic rings. The van der Waals surface area contributed by atoms with Gasteiger partial charge in [0.05, 0.1) is 4.47 Å². The second-order valence-electron chi connectivity index (χ2n) is 3.03. The lowest BCUT2D eigenvalue weighted by Gasteiger charge is -1.98. The van der Waals surface area contributed by atoms with Gasteiger partial charge in [-0.05, 0) is 31.9 Å². The van der Waals surface area contributed by atoms with Gasteiger partial charge in [-0.1, -0.05) is 0 Å². The number of halogens is 2. The second-order valence-corrected chi connectivity index (χ2v) is 4.61. The monoisotopic (exact) mass is 347 g/mol. The van der Waals surface area contributed by atoms with Crippen LogP contribution in [0.25, 0.3) is 0 Å². The van der Waals surface area contributed by atoms with Gasteiger partial charge in [-0.3, -0.25) is 14.6 Å². The van der Waals surface area contributed by atoms with Gasteiger partial charge in [0.1, 0.15) is 4.60 Å². The highest BCUT2D eigenvalue weighted by atomic mass is 79.9. The topological polar surface area (TPSA) is 75.6 Å². The van der Waals surface area contributed by atoms with Crippen molar-refractivity contribution in [2.24, 2.45) is 7.05 Å². The zero-order valence-corrected chi connectivity index (χ0v) is 11.3. The van der Waals surface area contributed by atoms with Gasteiger partial charge in [0.2, 0.25) is 0 Å². The van der Waals surface area contributed by atoms with Crippen molar-refractivity contribution in [3.05, 3.63) is 27.0 Å². The van der Waals surface area contributed by atoms with E-state index in [2.05, 4.69) is 52.5 Å². The number of H-pyrrole nitrogens is 1. The number of aromatic nitrogens is 4. The number of nitrogens with one attached hydrogen (secondary N) is 2. The fourth-order valence-corrected chi connectivity index (χ4v) is 1.75. The minimum Gasteiger partial charge on any atom is -0.304 e. The van der Waals surface area contributed by atoms with E-state index in [1.807, 2.05) is 0 Å². The van der Waals surface area contributed by atoms with Crippen LogP contribution in [0.4, 0.5) is 5.82 Å². The first-order valence-corrected chi connectivity index (χ1v) is 5.87. The van der Waals surface area contributed by atoms with E-state index in [1.165, 1.54) is 0 Å². The molecule has 2 aromatic heterocycles. The van der Waals surface area contributed by atoms with Crippen LogP contribution in [0.5, 0.6) is 0 Å². The summed E-state index contributed by atoms with van der Waals surface area (Å²) in [6.45, 7) is 0. The first-order chi connectivity index (χ1) is 7.58. The maximum absolute atomic E-state index is 11.8. The van der Waals surface area contributed by atoms with Crippen LogP contribution in [0.3, 0.4) is 0 Å². The van der Waals surface area contributed by atoms with Crippen molar-refractivity contribution < 1.29 is 4.79 Å². The molecule has 0 aliphatic heterocycles. The van der Waals surface area contributed by atoms with Crippen molar-refractivity contribution in [1.82, 2.24) is 20.0 Å². The molecule has 0 spiro atoms. The zero-order valence-electron chi connectivity index (χ0n) is 8.16. The van der Waals surface area contributed by atoms with Gasteiger partial charge in [-0.15, -0.1) is 0 Å². The summed E-state index contributed by atoms with van der Waals surface area (Å²) in [6.07, 6.45) is 1.74. The third kappa shape index (κ3) is 2.17. The molecule has 0 unspecified atom stereocenters. The molecule has 0 saturated carbocycles. The number of rotatable bonds is 2. The average Bonchev–Trinajstić information content (AvgIpc) is 2.76. The zero-order chi connectivity index (χ0) is 11.7. The summed E-state index contributed by atoms with van der Waals surface area (Å²) in [5, 5.41) is 13.2. The van der Waals surface area contributed by atoms with Crippen LogP contribution < -0.4 is 5.32 Å². The third-order valence-corrected chi connectivity index (χ3v) is 3.71. The third-order valence-electron chi connectivity index (χ3n) is 1.84. The molecule has 0 aromatic carbocycles. The molecule has 0 atom stereocenters. The Morgan fingerprint density at radius 2 is 2.31 bits per heavy atom. The van der Waals surface area contributed by atoms with Gasteiger partial charge in [0, 0.05) is 19.3 Å². The Hall–Kier alpha value is -1.15. The highest BCUT2D eigenvalue weighted by Crippen LogP contribution is 2.24. The van der Waals surface area contributed by atoms with Gasteiger partial charge in [-0.2, -0.15) is 10.2 Å². The Kier molecular flexibility index (Phi) is 3.10. The van der Waals surface area contributed by atoms with Crippen molar-refractivity contribution in [2.45, 2.75) is 0 Å². The summed E-state index contributed by atoms with van der Waals surface area (Å²) >= 11 is 6.45. The average molecular weight is 349 g/mol. The minimum absolute atomic E-state index is 0.275. The number of aryl methyl sites for hydroxylation is 1. The van der Waals surface area contributed by atoms with E-state index < -0.39 is 0 Å². The lowest BCUT2D eigenvalue weighted by molar-refractivity contribution is 0.102. The maximum Gasteiger partial charge on any atom is 0.278 e. The molecule has 0 saturated heterocycles. The van der Waals surface area contributed by atoms with Crippen LogP contribution in [0.2, 0.25) is 0 Å². The number of hydrogen-bond acceptors (Lipinski definition) is 3. The fraction of sp³-hybridized carbons (Fsp3) is 0.125. The maximum atomic E-state index is 11.8. The Bertz CT molecular complexity index is 532. The summed E-state index contributed by atoms with van der Waals surface area (Å²) in [5.74, 6) is 0.158. The van der Waals surface area contributed by atoms with E-state index in [0.29, 0.717) is 14.9 Å². The van der Waals surface area contributed by atoms with Crippen molar-refractivity contribution in [2.75, 3.05) is 5.32 Å². The van der Waals surface area contributed by atoms with Gasteiger partial charge in [0.15, 0.2) is 11.5 Å². The van der Waals surface area contributed by atoms with Gasteiger partial charge in [-0.25, -0.2) is 0 Å². The molecule has 0 aliphatic carbocycles. The Balaban J connectivity index is 2.18. The summed E-state index contributed by atoms with van der Waals surface area (Å²) in [5.41, 5.74) is 0.275. The number of anilines is 1. The van der Waals surface area contributed by atoms with Gasteiger partial charge in [0.25, 0.3) is 5.91 Å². The molecule has 16 heavy (non-hydrogen) atoms. The van der Waals surface area contributed by atoms with E-state index in [0.717, 1.165) is 0 Å². The lowest BCUT2D eigenvalue weighted by atomic mass is 10.4.